The first-order chi connectivity index (χ1) is 3.73. The second-order valence-corrected chi connectivity index (χ2v) is 2.38. The molecule has 0 saturated heterocycles. The average Bonchev–Trinajstić information content (AvgIpc) is 1.19. The van der Waals surface area contributed by atoms with Crippen molar-refractivity contribution in [1.29, 1.82) is 0 Å². The number of rotatable bonds is 0. The van der Waals surface area contributed by atoms with Crippen LogP contribution in [0.3, 0.4) is 0 Å². The lowest BCUT2D eigenvalue weighted by Gasteiger charge is -1.81. The molecular weight excluding hydrogens is 152 g/mol. The largest absolute Gasteiger partial charge is 0.476 e. The van der Waals surface area contributed by atoms with Crippen LogP contribution < -0.4 is 5.73 Å². The van der Waals surface area contributed by atoms with Gasteiger partial charge in [0.2, 0.25) is 0 Å². The quantitative estimate of drug-likeness (QED) is 0.527. The highest BCUT2D eigenvalue weighted by Gasteiger charge is 1.94. The summed E-state index contributed by atoms with van der Waals surface area (Å²) >= 11 is 0. The number of hydrogen-bond acceptors (Lipinski definition) is 3. The molecule has 0 fully saturated rings. The molecule has 0 amide bonds. The van der Waals surface area contributed by atoms with E-state index in [4.69, 9.17) is 14.2 Å². The molecule has 0 spiro atoms. The van der Waals surface area contributed by atoms with Crippen LogP contribution in [0.5, 0.6) is 0 Å². The van der Waals surface area contributed by atoms with Crippen molar-refractivity contribution in [2.45, 2.75) is 19.9 Å². The smallest absolute Gasteiger partial charge is 0.328 e. The van der Waals surface area contributed by atoms with E-state index in [-0.39, 0.29) is 0 Å². The molecule has 0 aliphatic carbocycles. The highest BCUT2D eigenvalue weighted by atomic mass is 32.3. The van der Waals surface area contributed by atoms with Gasteiger partial charge in [-0.05, 0) is 6.04 Å². The maximum Gasteiger partial charge on any atom is 0.476 e. The van der Waals surface area contributed by atoms with Gasteiger partial charge in [0.1, 0.15) is 0 Å². The molecule has 0 aliphatic rings. The van der Waals surface area contributed by atoms with E-state index < -0.39 is 10.6 Å². The van der Waals surface area contributed by atoms with Crippen molar-refractivity contribution in [2.75, 3.05) is 0 Å². The third-order valence-corrected chi connectivity index (χ3v) is 0. The number of halogens is 2. The van der Waals surface area contributed by atoms with E-state index in [1.165, 1.54) is 0 Å². The van der Waals surface area contributed by atoms with Crippen molar-refractivity contribution in [1.82, 2.24) is 0 Å². The average molecular weight is 161 g/mol. The lowest BCUT2D eigenvalue weighted by atomic mass is 10.5. The van der Waals surface area contributed by atoms with Crippen LogP contribution in [0.15, 0.2) is 0 Å². The summed E-state index contributed by atoms with van der Waals surface area (Å²) in [5.41, 5.74) is 5.11. The van der Waals surface area contributed by atoms with Gasteiger partial charge in [0.05, 0.1) is 0 Å². The van der Waals surface area contributed by atoms with E-state index in [1.54, 1.807) is 0 Å². The standard InChI is InChI=1S/C3H9N.F2O2S/c1-3(2)4;1-5(2,3)4/h3H,4H2,1-2H3;. The van der Waals surface area contributed by atoms with Gasteiger partial charge < -0.3 is 5.73 Å². The zero-order valence-corrected chi connectivity index (χ0v) is 5.95. The van der Waals surface area contributed by atoms with Gasteiger partial charge in [0.25, 0.3) is 0 Å². The SMILES string of the molecule is CC(C)N.O=S(=O)(F)F. The third-order valence-electron chi connectivity index (χ3n) is 0. The predicted molar refractivity (Wildman–Crippen MR) is 30.5 cm³/mol. The summed E-state index contributed by atoms with van der Waals surface area (Å²) in [7, 11) is -5.67. The predicted octanol–water partition coefficient (Wildman–Crippen LogP) is 0.524. The summed E-state index contributed by atoms with van der Waals surface area (Å²) in [6.07, 6.45) is 0. The van der Waals surface area contributed by atoms with Crippen LogP contribution in [0.2, 0.25) is 0 Å². The van der Waals surface area contributed by atoms with Crippen LogP contribution in [0.1, 0.15) is 13.8 Å². The lowest BCUT2D eigenvalue weighted by Crippen LogP contribution is -2.06. The molecular formula is C3H9F2NO2S. The van der Waals surface area contributed by atoms with E-state index in [0.29, 0.717) is 6.04 Å². The van der Waals surface area contributed by atoms with E-state index in [2.05, 4.69) is 0 Å². The Hall–Kier alpha value is -0.230. The zero-order valence-electron chi connectivity index (χ0n) is 5.14. The maximum atomic E-state index is 9.99. The van der Waals surface area contributed by atoms with Gasteiger partial charge in [-0.15, -0.1) is 0 Å². The molecule has 0 atom stereocenters. The third kappa shape index (κ3) is 4890. The molecule has 6 heteroatoms. The Morgan fingerprint density at radius 3 is 1.33 bits per heavy atom. The Balaban J connectivity index is 0. The van der Waals surface area contributed by atoms with E-state index in [0.717, 1.165) is 0 Å². The van der Waals surface area contributed by atoms with Crippen LogP contribution in [0, 0.1) is 0 Å². The molecule has 0 heterocycles. The molecule has 9 heavy (non-hydrogen) atoms. The first kappa shape index (κ1) is 11.6. The molecule has 0 rings (SSSR count). The summed E-state index contributed by atoms with van der Waals surface area (Å²) in [6, 6.07) is 0.333. The molecule has 58 valence electrons. The molecule has 0 aromatic carbocycles. The van der Waals surface area contributed by atoms with E-state index in [1.807, 2.05) is 13.8 Å². The van der Waals surface area contributed by atoms with Crippen LogP contribution in [0.4, 0.5) is 7.77 Å². The fourth-order valence-corrected chi connectivity index (χ4v) is 0. The first-order valence-electron chi connectivity index (χ1n) is 2.13. The Kier molecular flexibility index (Phi) is 5.94. The summed E-state index contributed by atoms with van der Waals surface area (Å²) in [5, 5.41) is 0. The molecule has 0 bridgehead atoms. The minimum Gasteiger partial charge on any atom is -0.328 e. The Morgan fingerprint density at radius 2 is 1.33 bits per heavy atom. The second kappa shape index (κ2) is 4.63. The van der Waals surface area contributed by atoms with Crippen LogP contribution in [0.25, 0.3) is 0 Å². The molecule has 2 N–H and O–H groups in total. The molecule has 0 aromatic heterocycles. The molecule has 0 aromatic rings. The van der Waals surface area contributed by atoms with Crippen molar-refractivity contribution in [3.63, 3.8) is 0 Å². The monoisotopic (exact) mass is 161 g/mol. The topological polar surface area (TPSA) is 60.2 Å². The lowest BCUT2D eigenvalue weighted by molar-refractivity contribution is 0.501. The molecule has 0 unspecified atom stereocenters. The van der Waals surface area contributed by atoms with Gasteiger partial charge in [0.15, 0.2) is 0 Å². The zero-order chi connectivity index (χ0) is 8.08. The molecule has 3 nitrogen and oxygen atoms in total. The molecule has 0 radical (unpaired) electrons. The van der Waals surface area contributed by atoms with Crippen LogP contribution in [-0.4, -0.2) is 14.5 Å². The fraction of sp³-hybridized carbons (Fsp3) is 1.00. The second-order valence-electron chi connectivity index (χ2n) is 1.62. The van der Waals surface area contributed by atoms with Crippen molar-refractivity contribution in [2.24, 2.45) is 5.73 Å². The van der Waals surface area contributed by atoms with Gasteiger partial charge in [0, 0.05) is 0 Å². The van der Waals surface area contributed by atoms with Crippen molar-refractivity contribution in [3.05, 3.63) is 0 Å². The highest BCUT2D eigenvalue weighted by molar-refractivity contribution is 7.81. The highest BCUT2D eigenvalue weighted by Crippen LogP contribution is 1.85. The van der Waals surface area contributed by atoms with Gasteiger partial charge >= 0.3 is 10.6 Å². The molecule has 0 aliphatic heterocycles. The van der Waals surface area contributed by atoms with Gasteiger partial charge in [-0.1, -0.05) is 21.6 Å². The maximum absolute atomic E-state index is 9.99. The summed E-state index contributed by atoms with van der Waals surface area (Å²) in [4.78, 5) is 0. The van der Waals surface area contributed by atoms with Gasteiger partial charge in [-0.2, -0.15) is 8.42 Å². The number of nitrogens with two attached hydrogens (primary N) is 1. The first-order valence-corrected chi connectivity index (χ1v) is 3.41. The Labute approximate surface area is 53.4 Å². The minimum atomic E-state index is -5.67. The van der Waals surface area contributed by atoms with Gasteiger partial charge in [-0.25, -0.2) is 0 Å². The Bertz CT molecular complexity index is 131. The van der Waals surface area contributed by atoms with Crippen molar-refractivity contribution < 1.29 is 16.2 Å². The Morgan fingerprint density at radius 1 is 1.33 bits per heavy atom. The van der Waals surface area contributed by atoms with Crippen LogP contribution >= 0.6 is 0 Å². The summed E-state index contributed by atoms with van der Waals surface area (Å²) in [6.45, 7) is 3.89. The van der Waals surface area contributed by atoms with E-state index in [9.17, 15) is 7.77 Å². The van der Waals surface area contributed by atoms with Crippen molar-refractivity contribution >= 4 is 10.6 Å². The minimum absolute atomic E-state index is 0.333. The molecule has 0 saturated carbocycles. The van der Waals surface area contributed by atoms with Crippen LogP contribution in [-0.2, 0) is 10.6 Å². The summed E-state index contributed by atoms with van der Waals surface area (Å²) < 4.78 is 36.6. The normalized spacial score (nSPS) is 10.4. The van der Waals surface area contributed by atoms with E-state index >= 15 is 0 Å². The van der Waals surface area contributed by atoms with Gasteiger partial charge in [-0.3, -0.25) is 0 Å². The number of hydrogen-bond donors (Lipinski definition) is 1. The fourth-order valence-electron chi connectivity index (χ4n) is 0. The summed E-state index contributed by atoms with van der Waals surface area (Å²) in [5.74, 6) is 0. The van der Waals surface area contributed by atoms with Crippen molar-refractivity contribution in [3.8, 4) is 0 Å².